The molecule has 0 atom stereocenters. The summed E-state index contributed by atoms with van der Waals surface area (Å²) in [5.41, 5.74) is 4.70. The van der Waals surface area contributed by atoms with Gasteiger partial charge in [0.1, 0.15) is 11.5 Å². The number of rotatable bonds is 7. The topological polar surface area (TPSA) is 89.0 Å². The fourth-order valence-electron chi connectivity index (χ4n) is 2.07. The van der Waals surface area contributed by atoms with Crippen molar-refractivity contribution in [1.29, 1.82) is 0 Å². The summed E-state index contributed by atoms with van der Waals surface area (Å²) in [6.07, 6.45) is 1.53. The summed E-state index contributed by atoms with van der Waals surface area (Å²) in [4.78, 5) is 24.0. The highest BCUT2D eigenvalue weighted by Crippen LogP contribution is 2.22. The molecule has 2 aromatic carbocycles. The Morgan fingerprint density at radius 1 is 1.04 bits per heavy atom. The SMILES string of the molecule is COc1cc(OC)cc(C(=O)NCC(=O)N/N=C/c2ccc(C)cc2)c1. The first-order valence-electron chi connectivity index (χ1n) is 7.91. The molecule has 0 radical (unpaired) electrons. The lowest BCUT2D eigenvalue weighted by Gasteiger charge is -2.08. The highest BCUT2D eigenvalue weighted by Gasteiger charge is 2.11. The van der Waals surface area contributed by atoms with E-state index in [2.05, 4.69) is 15.8 Å². The summed E-state index contributed by atoms with van der Waals surface area (Å²) in [5, 5.41) is 6.38. The highest BCUT2D eigenvalue weighted by atomic mass is 16.5. The van der Waals surface area contributed by atoms with Crippen LogP contribution in [0.1, 0.15) is 21.5 Å². The molecule has 0 aromatic heterocycles. The smallest absolute Gasteiger partial charge is 0.259 e. The van der Waals surface area contributed by atoms with Gasteiger partial charge in [0.25, 0.3) is 11.8 Å². The van der Waals surface area contributed by atoms with E-state index in [0.29, 0.717) is 17.1 Å². The summed E-state index contributed by atoms with van der Waals surface area (Å²) < 4.78 is 10.2. The summed E-state index contributed by atoms with van der Waals surface area (Å²) in [6.45, 7) is 1.78. The second-order valence-corrected chi connectivity index (χ2v) is 5.49. The maximum atomic E-state index is 12.2. The number of amides is 2. The number of carbonyl (C=O) groups excluding carboxylic acids is 2. The van der Waals surface area contributed by atoms with Crippen LogP contribution in [0.5, 0.6) is 11.5 Å². The molecule has 0 fully saturated rings. The Morgan fingerprint density at radius 3 is 2.23 bits per heavy atom. The average Bonchev–Trinajstić information content (AvgIpc) is 2.67. The second-order valence-electron chi connectivity index (χ2n) is 5.49. The van der Waals surface area contributed by atoms with E-state index >= 15 is 0 Å². The summed E-state index contributed by atoms with van der Waals surface area (Å²) >= 11 is 0. The van der Waals surface area contributed by atoms with Crippen LogP contribution in [-0.4, -0.2) is 38.8 Å². The lowest BCUT2D eigenvalue weighted by atomic mass is 10.2. The van der Waals surface area contributed by atoms with Crippen LogP contribution in [-0.2, 0) is 4.79 Å². The van der Waals surface area contributed by atoms with Crippen LogP contribution in [0.4, 0.5) is 0 Å². The van der Waals surface area contributed by atoms with Crippen molar-refractivity contribution in [3.8, 4) is 11.5 Å². The van der Waals surface area contributed by atoms with Crippen LogP contribution in [0.25, 0.3) is 0 Å². The molecule has 0 saturated heterocycles. The third-order valence-electron chi connectivity index (χ3n) is 3.50. The number of hydrogen-bond acceptors (Lipinski definition) is 5. The maximum absolute atomic E-state index is 12.2. The molecule has 2 rings (SSSR count). The Bertz CT molecular complexity index is 779. The molecule has 0 unspecified atom stereocenters. The minimum absolute atomic E-state index is 0.205. The van der Waals surface area contributed by atoms with Gasteiger partial charge in [0.05, 0.1) is 27.0 Å². The first kappa shape index (κ1) is 19.0. The molecule has 0 saturated carbocycles. The lowest BCUT2D eigenvalue weighted by molar-refractivity contribution is -0.120. The number of hydrazone groups is 1. The van der Waals surface area contributed by atoms with E-state index in [1.807, 2.05) is 31.2 Å². The largest absolute Gasteiger partial charge is 0.497 e. The molecule has 2 amide bonds. The van der Waals surface area contributed by atoms with E-state index in [1.165, 1.54) is 20.4 Å². The molecule has 2 aromatic rings. The van der Waals surface area contributed by atoms with E-state index in [0.717, 1.165) is 11.1 Å². The first-order chi connectivity index (χ1) is 12.5. The van der Waals surface area contributed by atoms with Crippen molar-refractivity contribution >= 4 is 18.0 Å². The predicted molar refractivity (Wildman–Crippen MR) is 98.8 cm³/mol. The molecule has 0 aliphatic heterocycles. The highest BCUT2D eigenvalue weighted by molar-refractivity contribution is 5.97. The minimum Gasteiger partial charge on any atom is -0.497 e. The number of nitrogens with one attached hydrogen (secondary N) is 2. The predicted octanol–water partition coefficient (Wildman–Crippen LogP) is 1.89. The molecule has 0 aliphatic carbocycles. The van der Waals surface area contributed by atoms with Crippen molar-refractivity contribution in [2.24, 2.45) is 5.10 Å². The molecule has 0 aliphatic rings. The summed E-state index contributed by atoms with van der Waals surface area (Å²) in [5.74, 6) is 0.125. The Balaban J connectivity index is 1.86. The van der Waals surface area contributed by atoms with Crippen molar-refractivity contribution in [1.82, 2.24) is 10.7 Å². The Morgan fingerprint density at radius 2 is 1.65 bits per heavy atom. The Hall–Kier alpha value is -3.35. The van der Waals surface area contributed by atoms with Crippen LogP contribution in [0.3, 0.4) is 0 Å². The molecule has 0 spiro atoms. The zero-order chi connectivity index (χ0) is 18.9. The number of methoxy groups -OCH3 is 2. The number of ether oxygens (including phenoxy) is 2. The normalized spacial score (nSPS) is 10.4. The number of nitrogens with zero attached hydrogens (tertiary/aromatic N) is 1. The zero-order valence-electron chi connectivity index (χ0n) is 14.9. The van der Waals surface area contributed by atoms with Crippen LogP contribution in [0.2, 0.25) is 0 Å². The Kier molecular flexibility index (Phi) is 6.73. The van der Waals surface area contributed by atoms with E-state index in [-0.39, 0.29) is 6.54 Å². The van der Waals surface area contributed by atoms with E-state index < -0.39 is 11.8 Å². The van der Waals surface area contributed by atoms with Crippen molar-refractivity contribution in [3.63, 3.8) is 0 Å². The van der Waals surface area contributed by atoms with Gasteiger partial charge in [-0.25, -0.2) is 5.43 Å². The average molecular weight is 355 g/mol. The molecule has 0 bridgehead atoms. The van der Waals surface area contributed by atoms with Crippen LogP contribution in [0, 0.1) is 6.92 Å². The number of benzene rings is 2. The molecule has 0 heterocycles. The molecule has 136 valence electrons. The van der Waals surface area contributed by atoms with Crippen molar-refractivity contribution < 1.29 is 19.1 Å². The summed E-state index contributed by atoms with van der Waals surface area (Å²) in [7, 11) is 2.99. The third-order valence-corrected chi connectivity index (χ3v) is 3.50. The minimum atomic E-state index is -0.434. The van der Waals surface area contributed by atoms with Gasteiger partial charge < -0.3 is 14.8 Å². The fourth-order valence-corrected chi connectivity index (χ4v) is 2.07. The third kappa shape index (κ3) is 5.62. The number of carbonyl (C=O) groups is 2. The molecule has 2 N–H and O–H groups in total. The molecule has 7 nitrogen and oxygen atoms in total. The molecule has 7 heteroatoms. The van der Waals surface area contributed by atoms with Gasteiger partial charge in [-0.05, 0) is 24.6 Å². The maximum Gasteiger partial charge on any atom is 0.259 e. The van der Waals surface area contributed by atoms with Crippen LogP contribution in [0.15, 0.2) is 47.6 Å². The molecular formula is C19H21N3O4. The van der Waals surface area contributed by atoms with Crippen LogP contribution >= 0.6 is 0 Å². The van der Waals surface area contributed by atoms with Gasteiger partial charge in [0.15, 0.2) is 0 Å². The first-order valence-corrected chi connectivity index (χ1v) is 7.91. The quantitative estimate of drug-likeness (QED) is 0.586. The fraction of sp³-hybridized carbons (Fsp3) is 0.211. The van der Waals surface area contributed by atoms with Crippen molar-refractivity contribution in [2.45, 2.75) is 6.92 Å². The Labute approximate surface area is 152 Å². The molecule has 26 heavy (non-hydrogen) atoms. The van der Waals surface area contributed by atoms with E-state index in [9.17, 15) is 9.59 Å². The summed E-state index contributed by atoms with van der Waals surface area (Å²) in [6, 6.07) is 12.5. The van der Waals surface area contributed by atoms with Gasteiger partial charge in [0, 0.05) is 11.6 Å². The van der Waals surface area contributed by atoms with Crippen molar-refractivity contribution in [3.05, 3.63) is 59.2 Å². The standard InChI is InChI=1S/C19H21N3O4/c1-13-4-6-14(7-5-13)11-21-22-18(23)12-20-19(24)15-8-16(25-2)10-17(9-15)26-3/h4-11H,12H2,1-3H3,(H,20,24)(H,22,23)/b21-11+. The number of aryl methyl sites for hydroxylation is 1. The van der Waals surface area contributed by atoms with Gasteiger partial charge >= 0.3 is 0 Å². The van der Waals surface area contributed by atoms with E-state index in [1.54, 1.807) is 18.2 Å². The monoisotopic (exact) mass is 355 g/mol. The number of hydrogen-bond donors (Lipinski definition) is 2. The van der Waals surface area contributed by atoms with E-state index in [4.69, 9.17) is 9.47 Å². The zero-order valence-corrected chi connectivity index (χ0v) is 14.9. The van der Waals surface area contributed by atoms with Crippen LogP contribution < -0.4 is 20.2 Å². The lowest BCUT2D eigenvalue weighted by Crippen LogP contribution is -2.34. The van der Waals surface area contributed by atoms with Gasteiger partial charge in [-0.15, -0.1) is 0 Å². The van der Waals surface area contributed by atoms with Crippen molar-refractivity contribution in [2.75, 3.05) is 20.8 Å². The molecular weight excluding hydrogens is 334 g/mol. The van der Waals surface area contributed by atoms with Gasteiger partial charge in [-0.1, -0.05) is 29.8 Å². The van der Waals surface area contributed by atoms with Gasteiger partial charge in [-0.2, -0.15) is 5.10 Å². The second kappa shape index (κ2) is 9.22. The van der Waals surface area contributed by atoms with Gasteiger partial charge in [-0.3, -0.25) is 9.59 Å². The van der Waals surface area contributed by atoms with Gasteiger partial charge in [0.2, 0.25) is 0 Å².